The van der Waals surface area contributed by atoms with Gasteiger partial charge >= 0.3 is 0 Å². The number of rotatable bonds is 3. The van der Waals surface area contributed by atoms with Gasteiger partial charge in [0.25, 0.3) is 5.56 Å². The standard InChI is InChI=1S/C24H28FN7O2.ClH/c1-3-32-11-16-17(29-32)5-4-14(20(16)25)15-10-27-21-19(15)22(33)30(2)23(28-21)31-8-6-24(7-9-31)13-34-12-18(24)26;/h4-5,10-11,18,27H,3,6-9,12-13,26H2,1-2H3;1H/t18-;/m1./s1. The monoisotopic (exact) mass is 501 g/mol. The second kappa shape index (κ2) is 8.61. The van der Waals surface area contributed by atoms with Crippen molar-refractivity contribution in [1.29, 1.82) is 0 Å². The van der Waals surface area contributed by atoms with Crippen molar-refractivity contribution < 1.29 is 9.13 Å². The zero-order valence-electron chi connectivity index (χ0n) is 19.8. The first-order valence-corrected chi connectivity index (χ1v) is 11.7. The number of hydrogen-bond donors (Lipinski definition) is 2. The number of benzene rings is 1. The van der Waals surface area contributed by atoms with Gasteiger partial charge in [-0.2, -0.15) is 10.1 Å². The maximum absolute atomic E-state index is 15.5. The van der Waals surface area contributed by atoms with E-state index in [1.807, 2.05) is 6.92 Å². The summed E-state index contributed by atoms with van der Waals surface area (Å²) in [6.45, 7) is 5.41. The molecule has 3 aromatic heterocycles. The summed E-state index contributed by atoms with van der Waals surface area (Å²) >= 11 is 0. The predicted molar refractivity (Wildman–Crippen MR) is 136 cm³/mol. The maximum Gasteiger partial charge on any atom is 0.264 e. The average Bonchev–Trinajstić information content (AvgIpc) is 3.55. The first kappa shape index (κ1) is 23.8. The molecule has 0 amide bonds. The molecule has 0 radical (unpaired) electrons. The predicted octanol–water partition coefficient (Wildman–Crippen LogP) is 2.80. The number of halogens is 2. The molecule has 4 aromatic rings. The molecule has 2 fully saturated rings. The Balaban J connectivity index is 0.00000253. The smallest absolute Gasteiger partial charge is 0.264 e. The van der Waals surface area contributed by atoms with Crippen LogP contribution in [0.4, 0.5) is 10.3 Å². The number of piperidine rings is 1. The van der Waals surface area contributed by atoms with E-state index >= 15 is 4.39 Å². The quantitative estimate of drug-likeness (QED) is 0.447. The molecule has 3 N–H and O–H groups in total. The Kier molecular flexibility index (Phi) is 5.85. The van der Waals surface area contributed by atoms with E-state index in [0.717, 1.165) is 25.9 Å². The summed E-state index contributed by atoms with van der Waals surface area (Å²) in [7, 11) is 1.72. The van der Waals surface area contributed by atoms with Crippen molar-refractivity contribution >= 4 is 40.3 Å². The van der Waals surface area contributed by atoms with Crippen molar-refractivity contribution in [2.24, 2.45) is 18.2 Å². The number of nitrogens with zero attached hydrogens (tertiary/aromatic N) is 5. The van der Waals surface area contributed by atoms with E-state index in [1.54, 1.807) is 40.8 Å². The van der Waals surface area contributed by atoms with E-state index in [-0.39, 0.29) is 35.2 Å². The van der Waals surface area contributed by atoms with E-state index in [0.29, 0.717) is 58.8 Å². The number of fused-ring (bicyclic) bond motifs is 2. The first-order valence-electron chi connectivity index (χ1n) is 11.7. The molecule has 9 nitrogen and oxygen atoms in total. The SMILES string of the molecule is CCn1cc2c(F)c(-c3c[nH]c4nc(N5CCC6(CC5)COC[C@H]6N)n(C)c(=O)c34)ccc2n1.Cl. The number of nitrogens with two attached hydrogens (primary N) is 1. The molecule has 5 heterocycles. The Labute approximate surface area is 207 Å². The lowest BCUT2D eigenvalue weighted by Gasteiger charge is -2.41. The highest BCUT2D eigenvalue weighted by Crippen LogP contribution is 2.39. The minimum Gasteiger partial charge on any atom is -0.379 e. The Hall–Kier alpha value is -2.95. The third-order valence-corrected chi connectivity index (χ3v) is 7.69. The second-order valence-electron chi connectivity index (χ2n) is 9.52. The van der Waals surface area contributed by atoms with E-state index in [9.17, 15) is 4.79 Å². The van der Waals surface area contributed by atoms with Crippen LogP contribution in [0.15, 0.2) is 29.3 Å². The van der Waals surface area contributed by atoms with E-state index < -0.39 is 0 Å². The molecule has 0 saturated carbocycles. The molecular formula is C24H29ClFN7O2. The fourth-order valence-electron chi connectivity index (χ4n) is 5.47. The van der Waals surface area contributed by atoms with Gasteiger partial charge in [0.1, 0.15) is 11.5 Å². The van der Waals surface area contributed by atoms with Gasteiger partial charge in [0.2, 0.25) is 5.95 Å². The Morgan fingerprint density at radius 1 is 1.29 bits per heavy atom. The lowest BCUT2D eigenvalue weighted by Crippen LogP contribution is -2.50. The second-order valence-corrected chi connectivity index (χ2v) is 9.52. The highest BCUT2D eigenvalue weighted by atomic mass is 35.5. The lowest BCUT2D eigenvalue weighted by molar-refractivity contribution is 0.131. The number of anilines is 1. The molecular weight excluding hydrogens is 473 g/mol. The zero-order chi connectivity index (χ0) is 23.6. The topological polar surface area (TPSA) is 107 Å². The van der Waals surface area contributed by atoms with Gasteiger partial charge in [0.05, 0.1) is 29.5 Å². The van der Waals surface area contributed by atoms with Crippen LogP contribution in [0.1, 0.15) is 19.8 Å². The molecule has 6 rings (SSSR count). The van der Waals surface area contributed by atoms with E-state index in [1.165, 1.54) is 0 Å². The van der Waals surface area contributed by atoms with Crippen molar-refractivity contribution in [2.45, 2.75) is 32.4 Å². The van der Waals surface area contributed by atoms with Gasteiger partial charge in [-0.05, 0) is 31.9 Å². The molecule has 2 saturated heterocycles. The summed E-state index contributed by atoms with van der Waals surface area (Å²) in [5, 5.41) is 5.19. The Bertz CT molecular complexity index is 1470. The highest BCUT2D eigenvalue weighted by Gasteiger charge is 2.44. The summed E-state index contributed by atoms with van der Waals surface area (Å²) in [4.78, 5) is 23.5. The minimum absolute atomic E-state index is 0. The molecule has 0 aliphatic carbocycles. The average molecular weight is 502 g/mol. The van der Waals surface area contributed by atoms with Gasteiger partial charge in [-0.15, -0.1) is 12.4 Å². The molecule has 1 aromatic carbocycles. The number of aryl methyl sites for hydroxylation is 1. The summed E-state index contributed by atoms with van der Waals surface area (Å²) in [5.41, 5.74) is 8.03. The van der Waals surface area contributed by atoms with E-state index in [4.69, 9.17) is 15.5 Å². The van der Waals surface area contributed by atoms with Crippen LogP contribution in [0.25, 0.3) is 33.1 Å². The molecule has 11 heteroatoms. The van der Waals surface area contributed by atoms with E-state index in [2.05, 4.69) is 15.0 Å². The van der Waals surface area contributed by atoms with Crippen LogP contribution in [0.3, 0.4) is 0 Å². The third-order valence-electron chi connectivity index (χ3n) is 7.69. The van der Waals surface area contributed by atoms with Crippen LogP contribution in [-0.2, 0) is 18.3 Å². The number of aromatic nitrogens is 5. The molecule has 1 atom stereocenters. The van der Waals surface area contributed by atoms with Gasteiger partial charge in [0.15, 0.2) is 0 Å². The zero-order valence-corrected chi connectivity index (χ0v) is 20.6. The molecule has 2 aliphatic rings. The summed E-state index contributed by atoms with van der Waals surface area (Å²) < 4.78 is 24.4. The number of hydrogen-bond acceptors (Lipinski definition) is 6. The Morgan fingerprint density at radius 3 is 2.74 bits per heavy atom. The van der Waals surface area contributed by atoms with Crippen LogP contribution < -0.4 is 16.2 Å². The lowest BCUT2D eigenvalue weighted by atomic mass is 9.75. The largest absolute Gasteiger partial charge is 0.379 e. The van der Waals surface area contributed by atoms with Crippen molar-refractivity contribution in [3.8, 4) is 11.1 Å². The number of aromatic amines is 1. The van der Waals surface area contributed by atoms with Crippen molar-refractivity contribution in [3.63, 3.8) is 0 Å². The summed E-state index contributed by atoms with van der Waals surface area (Å²) in [6, 6.07) is 3.51. The molecule has 35 heavy (non-hydrogen) atoms. The van der Waals surface area contributed by atoms with Crippen molar-refractivity contribution in [1.82, 2.24) is 24.3 Å². The van der Waals surface area contributed by atoms with Gasteiger partial charge in [-0.1, -0.05) is 0 Å². The molecule has 0 bridgehead atoms. The first-order chi connectivity index (χ1) is 16.4. The summed E-state index contributed by atoms with van der Waals surface area (Å²) in [5.74, 6) is 0.217. The van der Waals surface area contributed by atoms with Crippen molar-refractivity contribution in [3.05, 3.63) is 40.7 Å². The normalized spacial score (nSPS) is 19.7. The number of ether oxygens (including phenoxy) is 1. The molecule has 2 aliphatic heterocycles. The van der Waals surface area contributed by atoms with Gasteiger partial charge in [-0.3, -0.25) is 14.0 Å². The highest BCUT2D eigenvalue weighted by molar-refractivity contribution is 5.96. The fourth-order valence-corrected chi connectivity index (χ4v) is 5.47. The molecule has 186 valence electrons. The Morgan fingerprint density at radius 2 is 2.06 bits per heavy atom. The summed E-state index contributed by atoms with van der Waals surface area (Å²) in [6.07, 6.45) is 5.16. The fraction of sp³-hybridized carbons (Fsp3) is 0.458. The van der Waals surface area contributed by atoms with Crippen molar-refractivity contribution in [2.75, 3.05) is 31.2 Å². The minimum atomic E-state index is -0.388. The molecule has 0 unspecified atom stereocenters. The van der Waals surface area contributed by atoms with Gasteiger partial charge in [-0.25, -0.2) is 4.39 Å². The maximum atomic E-state index is 15.5. The van der Waals surface area contributed by atoms with Crippen LogP contribution in [0.2, 0.25) is 0 Å². The van der Waals surface area contributed by atoms with Gasteiger partial charge < -0.3 is 20.4 Å². The third kappa shape index (κ3) is 3.54. The van der Waals surface area contributed by atoms with Crippen LogP contribution in [0.5, 0.6) is 0 Å². The number of H-pyrrole nitrogens is 1. The number of nitrogens with one attached hydrogen (secondary N) is 1. The van der Waals surface area contributed by atoms with Crippen LogP contribution >= 0.6 is 12.4 Å². The molecule has 1 spiro atoms. The van der Waals surface area contributed by atoms with Gasteiger partial charge in [0, 0.05) is 61.7 Å². The van der Waals surface area contributed by atoms with Crippen LogP contribution in [-0.4, -0.2) is 56.7 Å². The van der Waals surface area contributed by atoms with Crippen LogP contribution in [0, 0.1) is 11.2 Å².